The van der Waals surface area contributed by atoms with Crippen LogP contribution in [0.25, 0.3) is 0 Å². The van der Waals surface area contributed by atoms with Crippen molar-refractivity contribution in [3.05, 3.63) is 57.6 Å². The summed E-state index contributed by atoms with van der Waals surface area (Å²) in [4.78, 5) is 1.76. The largest absolute Gasteiger partial charge is 0.598 e. The zero-order valence-corrected chi connectivity index (χ0v) is 17.5. The minimum Gasteiger partial charge on any atom is -0.598 e. The zero-order chi connectivity index (χ0) is 18.6. The Morgan fingerprint density at radius 2 is 1.84 bits per heavy atom. The Hall–Kier alpha value is -0.400. The maximum Gasteiger partial charge on any atom is 0.136 e. The predicted octanol–water partition coefficient (Wildman–Crippen LogP) is 5.19. The van der Waals surface area contributed by atoms with Crippen LogP contribution in [0.1, 0.15) is 31.9 Å². The second kappa shape index (κ2) is 9.00. The zero-order valence-electron chi connectivity index (χ0n) is 14.3. The Balaban J connectivity index is 2.31. The molecular weight excluding hydrogens is 397 g/mol. The van der Waals surface area contributed by atoms with E-state index >= 15 is 0 Å². The van der Waals surface area contributed by atoms with Crippen molar-refractivity contribution in [3.63, 3.8) is 0 Å². The quantitative estimate of drug-likeness (QED) is 0.634. The third kappa shape index (κ3) is 5.79. The number of rotatable bonds is 6. The molecule has 2 rings (SSSR count). The lowest BCUT2D eigenvalue weighted by Gasteiger charge is -2.24. The van der Waals surface area contributed by atoms with Crippen molar-refractivity contribution in [1.82, 2.24) is 4.72 Å². The standard InChI is InChI=1S/C18H21Cl2NO2S2/c1-18(2,3)25(23)21-10-13-8-14(19)9-15(20)17(13)24-16-7-5-4-6-12(16)11-22/h4-9,21-22H,10-11H2,1-3H3. The highest BCUT2D eigenvalue weighted by Crippen LogP contribution is 2.39. The van der Waals surface area contributed by atoms with E-state index in [1.54, 1.807) is 6.07 Å². The Bertz CT molecular complexity index is 736. The summed E-state index contributed by atoms with van der Waals surface area (Å²) in [5.41, 5.74) is 1.70. The van der Waals surface area contributed by atoms with Crippen LogP contribution in [-0.2, 0) is 24.5 Å². The molecule has 0 fully saturated rings. The van der Waals surface area contributed by atoms with Crippen molar-refractivity contribution in [2.24, 2.45) is 0 Å². The van der Waals surface area contributed by atoms with Gasteiger partial charge in [0.1, 0.15) is 4.75 Å². The van der Waals surface area contributed by atoms with Crippen molar-refractivity contribution in [1.29, 1.82) is 0 Å². The number of aliphatic hydroxyl groups is 1. The van der Waals surface area contributed by atoms with Gasteiger partial charge in [-0.25, -0.2) is 0 Å². The Kier molecular flexibility index (Phi) is 7.52. The molecule has 0 aliphatic carbocycles. The van der Waals surface area contributed by atoms with Gasteiger partial charge in [-0.1, -0.05) is 53.2 Å². The highest BCUT2D eigenvalue weighted by molar-refractivity contribution is 7.99. The van der Waals surface area contributed by atoms with E-state index in [-0.39, 0.29) is 11.4 Å². The van der Waals surface area contributed by atoms with Gasteiger partial charge in [-0.15, -0.1) is 4.72 Å². The number of hydrogen-bond acceptors (Lipinski definition) is 4. The molecule has 7 heteroatoms. The molecule has 0 aromatic heterocycles. The minimum atomic E-state index is -1.20. The maximum atomic E-state index is 12.3. The summed E-state index contributed by atoms with van der Waals surface area (Å²) < 4.78 is 15.0. The molecule has 1 atom stereocenters. The molecule has 0 spiro atoms. The van der Waals surface area contributed by atoms with Crippen LogP contribution < -0.4 is 4.72 Å². The van der Waals surface area contributed by atoms with E-state index < -0.39 is 11.4 Å². The molecule has 2 aromatic carbocycles. The summed E-state index contributed by atoms with van der Waals surface area (Å²) in [5.74, 6) is 0. The highest BCUT2D eigenvalue weighted by Gasteiger charge is 2.26. The maximum absolute atomic E-state index is 12.3. The molecule has 2 N–H and O–H groups in total. The van der Waals surface area contributed by atoms with Gasteiger partial charge in [0.2, 0.25) is 0 Å². The molecule has 0 aliphatic heterocycles. The van der Waals surface area contributed by atoms with Crippen LogP contribution in [0, 0.1) is 0 Å². The highest BCUT2D eigenvalue weighted by atomic mass is 35.5. The number of halogens is 2. The Morgan fingerprint density at radius 3 is 2.48 bits per heavy atom. The molecule has 0 radical (unpaired) electrons. The smallest absolute Gasteiger partial charge is 0.136 e. The lowest BCUT2D eigenvalue weighted by molar-refractivity contribution is 0.279. The van der Waals surface area contributed by atoms with Gasteiger partial charge in [-0.2, -0.15) is 0 Å². The first kappa shape index (κ1) is 20.9. The van der Waals surface area contributed by atoms with Crippen LogP contribution >= 0.6 is 35.0 Å². The first-order valence-corrected chi connectivity index (χ1v) is 10.4. The van der Waals surface area contributed by atoms with Crippen LogP contribution in [0.5, 0.6) is 0 Å². The van der Waals surface area contributed by atoms with Gasteiger partial charge in [0.15, 0.2) is 0 Å². The van der Waals surface area contributed by atoms with Crippen LogP contribution in [0.3, 0.4) is 0 Å². The predicted molar refractivity (Wildman–Crippen MR) is 108 cm³/mol. The molecule has 0 saturated heterocycles. The first-order valence-electron chi connectivity index (χ1n) is 7.72. The Morgan fingerprint density at radius 1 is 1.16 bits per heavy atom. The number of aliphatic hydroxyl groups excluding tert-OH is 1. The molecule has 1 unspecified atom stereocenters. The normalized spacial score (nSPS) is 13.1. The second-order valence-electron chi connectivity index (χ2n) is 6.45. The molecule has 2 aromatic rings. The molecule has 0 heterocycles. The van der Waals surface area contributed by atoms with E-state index in [0.29, 0.717) is 16.6 Å². The van der Waals surface area contributed by atoms with Gasteiger partial charge in [0.25, 0.3) is 0 Å². The lowest BCUT2D eigenvalue weighted by Crippen LogP contribution is -2.39. The number of nitrogens with one attached hydrogen (secondary N) is 1. The molecule has 136 valence electrons. The molecule has 0 saturated carbocycles. The number of hydrogen-bond donors (Lipinski definition) is 2. The van der Waals surface area contributed by atoms with E-state index in [1.807, 2.05) is 51.1 Å². The molecule has 0 aliphatic rings. The lowest BCUT2D eigenvalue weighted by atomic mass is 10.2. The van der Waals surface area contributed by atoms with Crippen molar-refractivity contribution >= 4 is 46.3 Å². The SMILES string of the molecule is CC(C)(C)[S+]([O-])NCc1cc(Cl)cc(Cl)c1Sc1ccccc1CO. The van der Waals surface area contributed by atoms with Crippen LogP contribution in [0.2, 0.25) is 10.0 Å². The van der Waals surface area contributed by atoms with Gasteiger partial charge in [-0.05, 0) is 50.1 Å². The van der Waals surface area contributed by atoms with E-state index in [4.69, 9.17) is 23.2 Å². The van der Waals surface area contributed by atoms with E-state index in [1.165, 1.54) is 11.8 Å². The van der Waals surface area contributed by atoms with Crippen LogP contribution in [-0.4, -0.2) is 14.4 Å². The van der Waals surface area contributed by atoms with Gasteiger partial charge in [0.05, 0.1) is 18.2 Å². The summed E-state index contributed by atoms with van der Waals surface area (Å²) in [6.07, 6.45) is 0. The third-order valence-electron chi connectivity index (χ3n) is 3.39. The number of benzene rings is 2. The molecule has 0 amide bonds. The second-order valence-corrected chi connectivity index (χ2v) is 10.4. The summed E-state index contributed by atoms with van der Waals surface area (Å²) >= 11 is 12.8. The van der Waals surface area contributed by atoms with Gasteiger partial charge < -0.3 is 9.66 Å². The average molecular weight is 418 g/mol. The molecular formula is C18H21Cl2NO2S2. The monoisotopic (exact) mass is 417 g/mol. The van der Waals surface area contributed by atoms with Gasteiger partial charge >= 0.3 is 0 Å². The summed E-state index contributed by atoms with van der Waals surface area (Å²) in [7, 11) is 0. The van der Waals surface area contributed by atoms with Crippen molar-refractivity contribution in [3.8, 4) is 0 Å². The summed E-state index contributed by atoms with van der Waals surface area (Å²) in [5, 5.41) is 10.6. The van der Waals surface area contributed by atoms with E-state index in [0.717, 1.165) is 20.9 Å². The Labute approximate surface area is 166 Å². The van der Waals surface area contributed by atoms with Crippen LogP contribution in [0.4, 0.5) is 0 Å². The summed E-state index contributed by atoms with van der Waals surface area (Å²) in [6, 6.07) is 11.1. The topological polar surface area (TPSA) is 55.3 Å². The molecule has 3 nitrogen and oxygen atoms in total. The van der Waals surface area contributed by atoms with E-state index in [9.17, 15) is 9.66 Å². The van der Waals surface area contributed by atoms with Gasteiger partial charge in [-0.3, -0.25) is 0 Å². The minimum absolute atomic E-state index is 0.0456. The molecule has 25 heavy (non-hydrogen) atoms. The fourth-order valence-corrected chi connectivity index (χ4v) is 4.48. The fraction of sp³-hybridized carbons (Fsp3) is 0.333. The van der Waals surface area contributed by atoms with Crippen molar-refractivity contribution in [2.45, 2.75) is 48.5 Å². The molecule has 0 bridgehead atoms. The van der Waals surface area contributed by atoms with Gasteiger partial charge in [0, 0.05) is 26.2 Å². The van der Waals surface area contributed by atoms with E-state index in [2.05, 4.69) is 4.72 Å². The first-order chi connectivity index (χ1) is 11.7. The summed E-state index contributed by atoms with van der Waals surface area (Å²) in [6.45, 7) is 6.07. The third-order valence-corrected chi connectivity index (χ3v) is 6.84. The fourth-order valence-electron chi connectivity index (χ4n) is 2.06. The average Bonchev–Trinajstić information content (AvgIpc) is 2.54. The van der Waals surface area contributed by atoms with Crippen molar-refractivity contribution < 1.29 is 9.66 Å². The van der Waals surface area contributed by atoms with Crippen LogP contribution in [0.15, 0.2) is 46.2 Å². The van der Waals surface area contributed by atoms with Crippen molar-refractivity contribution in [2.75, 3.05) is 0 Å².